The second-order valence-electron chi connectivity index (χ2n) is 8.34. The largest absolute Gasteiger partial charge is 0.493 e. The van der Waals surface area contributed by atoms with Gasteiger partial charge in [0.2, 0.25) is 0 Å². The Hall–Kier alpha value is -1.79. The predicted molar refractivity (Wildman–Crippen MR) is 116 cm³/mol. The number of likely N-dealkylation sites (N-methyl/N-ethyl adjacent to an activating group) is 2. The van der Waals surface area contributed by atoms with Crippen molar-refractivity contribution in [3.63, 3.8) is 0 Å². The van der Waals surface area contributed by atoms with Gasteiger partial charge in [0.1, 0.15) is 5.75 Å². The summed E-state index contributed by atoms with van der Waals surface area (Å²) in [4.78, 5) is 9.65. The Kier molecular flexibility index (Phi) is 7.57. The first kappa shape index (κ1) is 20.9. The molecule has 1 saturated carbocycles. The quantitative estimate of drug-likeness (QED) is 0.528. The summed E-state index contributed by atoms with van der Waals surface area (Å²) in [6.45, 7) is 10.8. The molecule has 6 heteroatoms. The van der Waals surface area contributed by atoms with Gasteiger partial charge in [0.25, 0.3) is 0 Å². The van der Waals surface area contributed by atoms with Gasteiger partial charge < -0.3 is 20.3 Å². The number of benzene rings is 1. The van der Waals surface area contributed by atoms with Crippen molar-refractivity contribution in [1.29, 1.82) is 0 Å². The number of aliphatic imine (C=N–C) groups is 1. The Labute approximate surface area is 170 Å². The fourth-order valence-electron chi connectivity index (χ4n) is 3.46. The van der Waals surface area contributed by atoms with Gasteiger partial charge in [-0.2, -0.15) is 0 Å². The van der Waals surface area contributed by atoms with Gasteiger partial charge in [-0.25, -0.2) is 4.99 Å². The predicted octanol–water partition coefficient (Wildman–Crippen LogP) is 2.08. The lowest BCUT2D eigenvalue weighted by atomic mass is 10.1. The van der Waals surface area contributed by atoms with E-state index in [4.69, 9.17) is 9.73 Å². The van der Waals surface area contributed by atoms with Crippen LogP contribution in [0.25, 0.3) is 0 Å². The molecule has 0 spiro atoms. The first-order chi connectivity index (χ1) is 13.5. The Balaban J connectivity index is 1.60. The Morgan fingerprint density at radius 2 is 2.04 bits per heavy atom. The number of hydrogen-bond donors (Lipinski definition) is 2. The lowest BCUT2D eigenvalue weighted by Crippen LogP contribution is -2.55. The van der Waals surface area contributed by atoms with Crippen molar-refractivity contribution in [2.24, 2.45) is 10.9 Å². The van der Waals surface area contributed by atoms with Gasteiger partial charge in [0.15, 0.2) is 5.96 Å². The number of hydrogen-bond acceptors (Lipinski definition) is 4. The lowest BCUT2D eigenvalue weighted by Gasteiger charge is -2.37. The second kappa shape index (κ2) is 10.1. The summed E-state index contributed by atoms with van der Waals surface area (Å²) in [6.07, 6.45) is 2.61. The molecule has 6 nitrogen and oxygen atoms in total. The molecular weight excluding hydrogens is 350 g/mol. The van der Waals surface area contributed by atoms with Crippen LogP contribution >= 0.6 is 0 Å². The average molecular weight is 388 g/mol. The second-order valence-corrected chi connectivity index (χ2v) is 8.34. The molecule has 2 N–H and O–H groups in total. The van der Waals surface area contributed by atoms with Crippen LogP contribution in [0.1, 0.15) is 30.9 Å². The zero-order chi connectivity index (χ0) is 19.9. The Bertz CT molecular complexity index is 658. The van der Waals surface area contributed by atoms with Gasteiger partial charge >= 0.3 is 0 Å². The molecule has 2 fully saturated rings. The van der Waals surface area contributed by atoms with Crippen molar-refractivity contribution in [2.45, 2.75) is 39.3 Å². The van der Waals surface area contributed by atoms with Crippen LogP contribution in [0.5, 0.6) is 5.75 Å². The molecule has 1 atom stereocenters. The highest BCUT2D eigenvalue weighted by atomic mass is 16.5. The van der Waals surface area contributed by atoms with E-state index in [1.165, 1.54) is 18.4 Å². The maximum Gasteiger partial charge on any atom is 0.191 e. The molecule has 1 aromatic carbocycles. The lowest BCUT2D eigenvalue weighted by molar-refractivity contribution is 0.116. The first-order valence-electron chi connectivity index (χ1n) is 10.7. The molecule has 1 saturated heterocycles. The minimum Gasteiger partial charge on any atom is -0.493 e. The first-order valence-corrected chi connectivity index (χ1v) is 10.7. The van der Waals surface area contributed by atoms with E-state index in [2.05, 4.69) is 66.6 Å². The van der Waals surface area contributed by atoms with E-state index < -0.39 is 0 Å². The summed E-state index contributed by atoms with van der Waals surface area (Å²) in [5.41, 5.74) is 2.38. The van der Waals surface area contributed by atoms with Gasteiger partial charge in [-0.15, -0.1) is 0 Å². The van der Waals surface area contributed by atoms with Crippen molar-refractivity contribution in [2.75, 3.05) is 53.4 Å². The molecular formula is C22H37N5O. The van der Waals surface area contributed by atoms with Crippen molar-refractivity contribution in [1.82, 2.24) is 20.4 Å². The molecule has 0 bridgehead atoms. The third-order valence-corrected chi connectivity index (χ3v) is 5.63. The van der Waals surface area contributed by atoms with Crippen LogP contribution in [-0.2, 0) is 6.54 Å². The van der Waals surface area contributed by atoms with Crippen molar-refractivity contribution < 1.29 is 4.74 Å². The number of ether oxygens (including phenoxy) is 1. The zero-order valence-electron chi connectivity index (χ0n) is 18.0. The van der Waals surface area contributed by atoms with Crippen LogP contribution in [0.4, 0.5) is 0 Å². The maximum absolute atomic E-state index is 6.09. The van der Waals surface area contributed by atoms with E-state index in [0.29, 0.717) is 12.6 Å². The van der Waals surface area contributed by atoms with Crippen molar-refractivity contribution in [3.05, 3.63) is 29.3 Å². The van der Waals surface area contributed by atoms with Crippen molar-refractivity contribution in [3.8, 4) is 5.75 Å². The molecule has 1 heterocycles. The van der Waals surface area contributed by atoms with Gasteiger partial charge in [0.05, 0.1) is 13.2 Å². The fraction of sp³-hybridized carbons (Fsp3) is 0.682. The van der Waals surface area contributed by atoms with Crippen molar-refractivity contribution >= 4 is 5.96 Å². The van der Waals surface area contributed by atoms with Crippen LogP contribution in [0.2, 0.25) is 0 Å². The number of nitrogens with one attached hydrogen (secondary N) is 2. The van der Waals surface area contributed by atoms with Crippen LogP contribution < -0.4 is 15.4 Å². The summed E-state index contributed by atoms with van der Waals surface area (Å²) in [5.74, 6) is 2.61. The molecule has 0 aromatic heterocycles. The topological polar surface area (TPSA) is 52.1 Å². The Morgan fingerprint density at radius 1 is 1.21 bits per heavy atom. The number of nitrogens with zero attached hydrogens (tertiary/aromatic N) is 3. The molecule has 156 valence electrons. The molecule has 0 amide bonds. The van der Waals surface area contributed by atoms with Crippen LogP contribution in [0.3, 0.4) is 0 Å². The SMILES string of the molecule is CCNC(=NCc1ccc(C)cc1OCC1CC1)NCC1CN(C)CCN1C. The molecule has 3 rings (SSSR count). The Morgan fingerprint density at radius 3 is 2.79 bits per heavy atom. The van der Waals surface area contributed by atoms with Crippen LogP contribution in [0.15, 0.2) is 23.2 Å². The van der Waals surface area contributed by atoms with E-state index in [0.717, 1.165) is 62.5 Å². The van der Waals surface area contributed by atoms with Gasteiger partial charge in [0, 0.05) is 44.3 Å². The molecule has 1 aromatic rings. The molecule has 1 aliphatic heterocycles. The van der Waals surface area contributed by atoms with E-state index in [1.54, 1.807) is 0 Å². The standard InChI is InChI=1S/C22H37N5O/c1-5-23-22(25-14-20-15-26(3)10-11-27(20)4)24-13-19-9-6-17(2)12-21(19)28-16-18-7-8-18/h6,9,12,18,20H,5,7-8,10-11,13-16H2,1-4H3,(H2,23,24,25). The summed E-state index contributed by atoms with van der Waals surface area (Å²) < 4.78 is 6.09. The minimum absolute atomic E-state index is 0.499. The average Bonchev–Trinajstić information content (AvgIpc) is 3.50. The summed E-state index contributed by atoms with van der Waals surface area (Å²) in [5, 5.41) is 6.91. The van der Waals surface area contributed by atoms with Crippen LogP contribution in [-0.4, -0.2) is 75.2 Å². The fourth-order valence-corrected chi connectivity index (χ4v) is 3.46. The van der Waals surface area contributed by atoms with E-state index in [9.17, 15) is 0 Å². The van der Waals surface area contributed by atoms with Gasteiger partial charge in [-0.3, -0.25) is 4.90 Å². The normalized spacial score (nSPS) is 21.6. The third-order valence-electron chi connectivity index (χ3n) is 5.63. The number of aryl methyl sites for hydroxylation is 1. The summed E-state index contributed by atoms with van der Waals surface area (Å²) >= 11 is 0. The minimum atomic E-state index is 0.499. The number of guanidine groups is 1. The summed E-state index contributed by atoms with van der Waals surface area (Å²) in [6, 6.07) is 6.93. The van der Waals surface area contributed by atoms with Gasteiger partial charge in [-0.05, 0) is 58.3 Å². The zero-order valence-corrected chi connectivity index (χ0v) is 18.0. The highest BCUT2D eigenvalue weighted by molar-refractivity contribution is 5.79. The molecule has 1 unspecified atom stereocenters. The van der Waals surface area contributed by atoms with E-state index >= 15 is 0 Å². The third kappa shape index (κ3) is 6.38. The van der Waals surface area contributed by atoms with E-state index in [1.807, 2.05) is 0 Å². The van der Waals surface area contributed by atoms with Gasteiger partial charge in [-0.1, -0.05) is 12.1 Å². The molecule has 1 aliphatic carbocycles. The highest BCUT2D eigenvalue weighted by Crippen LogP contribution is 2.30. The molecule has 28 heavy (non-hydrogen) atoms. The number of piperazine rings is 1. The number of rotatable bonds is 8. The molecule has 2 aliphatic rings. The summed E-state index contributed by atoms with van der Waals surface area (Å²) in [7, 11) is 4.40. The smallest absolute Gasteiger partial charge is 0.191 e. The highest BCUT2D eigenvalue weighted by Gasteiger charge is 2.23. The molecule has 0 radical (unpaired) electrons. The monoisotopic (exact) mass is 387 g/mol. The van der Waals surface area contributed by atoms with Crippen LogP contribution in [0, 0.1) is 12.8 Å². The van der Waals surface area contributed by atoms with E-state index in [-0.39, 0.29) is 0 Å². The maximum atomic E-state index is 6.09.